The van der Waals surface area contributed by atoms with E-state index in [4.69, 9.17) is 28.7 Å². The largest absolute Gasteiger partial charge is 0.480 e. The molecule has 3 unspecified atom stereocenters. The highest BCUT2D eigenvalue weighted by atomic mass is 16.4. The van der Waals surface area contributed by atoms with Crippen LogP contribution in [-0.2, 0) is 14.4 Å². The minimum absolute atomic E-state index is 0.0499. The van der Waals surface area contributed by atoms with Gasteiger partial charge in [0.15, 0.2) is 11.9 Å². The van der Waals surface area contributed by atoms with Gasteiger partial charge in [-0.15, -0.1) is 0 Å². The number of nitrogens with one attached hydrogen (secondary N) is 2. The molecule has 3 atom stereocenters. The Morgan fingerprint density at radius 1 is 0.828 bits per heavy atom. The van der Waals surface area contributed by atoms with E-state index < -0.39 is 42.5 Å². The van der Waals surface area contributed by atoms with Crippen LogP contribution >= 0.6 is 0 Å². The van der Waals surface area contributed by atoms with Gasteiger partial charge in [-0.2, -0.15) is 0 Å². The van der Waals surface area contributed by atoms with Gasteiger partial charge in [0.05, 0.1) is 12.6 Å². The smallest absolute Gasteiger partial charge is 0.326 e. The van der Waals surface area contributed by atoms with Crippen molar-refractivity contribution in [3.63, 3.8) is 0 Å². The summed E-state index contributed by atoms with van der Waals surface area (Å²) in [5.74, 6) is -3.02. The molecule has 0 bridgehead atoms. The average Bonchev–Trinajstić information content (AvgIpc) is 2.64. The predicted molar refractivity (Wildman–Crippen MR) is 106 cm³/mol. The Balaban J connectivity index is 4.63. The van der Waals surface area contributed by atoms with E-state index in [0.29, 0.717) is 12.8 Å². The first-order valence-corrected chi connectivity index (χ1v) is 8.89. The van der Waals surface area contributed by atoms with Crippen molar-refractivity contribution in [2.45, 2.75) is 43.8 Å². The normalized spacial score (nSPS) is 13.4. The van der Waals surface area contributed by atoms with Crippen LogP contribution in [0.1, 0.15) is 25.7 Å². The fourth-order valence-corrected chi connectivity index (χ4v) is 2.16. The van der Waals surface area contributed by atoms with Gasteiger partial charge in [-0.05, 0) is 25.7 Å². The van der Waals surface area contributed by atoms with Crippen molar-refractivity contribution in [2.24, 2.45) is 38.7 Å². The molecule has 0 saturated carbocycles. The first kappa shape index (κ1) is 25.9. The topological polar surface area (TPSA) is 271 Å². The molecule has 0 radical (unpaired) electrons. The van der Waals surface area contributed by atoms with Crippen LogP contribution in [0, 0.1) is 0 Å². The standard InChI is InChI=1S/C15H31N9O5/c16-8(3-1-5-21-14(17)18)11(26)24-10(7-25)12(27)23-9(13(28)29)4-2-6-22-15(19)20/h8-10,25H,1-7,16H2,(H,23,27)(H,24,26)(H,28,29)(H4,17,18,21)(H4,19,20,22). The zero-order valence-electron chi connectivity index (χ0n) is 16.1. The molecule has 0 spiro atoms. The molecular formula is C15H31N9O5. The molecule has 0 aliphatic carbocycles. The molecule has 0 aromatic rings. The number of aliphatic imine (C=N–C) groups is 2. The van der Waals surface area contributed by atoms with Crippen molar-refractivity contribution < 1.29 is 24.6 Å². The number of aliphatic hydroxyl groups is 1. The van der Waals surface area contributed by atoms with Crippen LogP contribution in [-0.4, -0.2) is 77.7 Å². The molecule has 29 heavy (non-hydrogen) atoms. The number of aliphatic carboxylic acids is 1. The lowest BCUT2D eigenvalue weighted by Gasteiger charge is -2.21. The second-order valence-electron chi connectivity index (χ2n) is 6.15. The molecule has 14 nitrogen and oxygen atoms in total. The van der Waals surface area contributed by atoms with E-state index in [2.05, 4.69) is 20.6 Å². The Morgan fingerprint density at radius 3 is 1.76 bits per heavy atom. The fraction of sp³-hybridized carbons (Fsp3) is 0.667. The summed E-state index contributed by atoms with van der Waals surface area (Å²) >= 11 is 0. The first-order valence-electron chi connectivity index (χ1n) is 8.89. The van der Waals surface area contributed by atoms with Gasteiger partial charge in [-0.25, -0.2) is 4.79 Å². The summed E-state index contributed by atoms with van der Waals surface area (Å²) in [6.45, 7) is -0.261. The van der Waals surface area contributed by atoms with Crippen LogP contribution in [0.15, 0.2) is 9.98 Å². The van der Waals surface area contributed by atoms with Gasteiger partial charge in [0, 0.05) is 13.1 Å². The van der Waals surface area contributed by atoms with Gasteiger partial charge in [-0.1, -0.05) is 0 Å². The molecule has 0 fully saturated rings. The Hall–Kier alpha value is -3.13. The van der Waals surface area contributed by atoms with Gasteiger partial charge in [0.2, 0.25) is 11.8 Å². The van der Waals surface area contributed by atoms with Crippen molar-refractivity contribution >= 4 is 29.7 Å². The van der Waals surface area contributed by atoms with Crippen molar-refractivity contribution in [1.82, 2.24) is 10.6 Å². The first-order chi connectivity index (χ1) is 13.6. The number of aliphatic hydroxyl groups excluding tert-OH is 1. The highest BCUT2D eigenvalue weighted by molar-refractivity contribution is 5.91. The van der Waals surface area contributed by atoms with Crippen LogP contribution in [0.5, 0.6) is 0 Å². The van der Waals surface area contributed by atoms with Crippen LogP contribution in [0.25, 0.3) is 0 Å². The zero-order valence-corrected chi connectivity index (χ0v) is 16.1. The van der Waals surface area contributed by atoms with E-state index in [0.717, 1.165) is 0 Å². The maximum Gasteiger partial charge on any atom is 0.326 e. The SMILES string of the molecule is NC(N)=NCCCC(N)C(=O)NC(CO)C(=O)NC(CCCN=C(N)N)C(=O)O. The number of carbonyl (C=O) groups excluding carboxylic acids is 2. The summed E-state index contributed by atoms with van der Waals surface area (Å²) in [7, 11) is 0. The second kappa shape index (κ2) is 14.0. The molecular weight excluding hydrogens is 386 g/mol. The quantitative estimate of drug-likeness (QED) is 0.0741. The highest BCUT2D eigenvalue weighted by Crippen LogP contribution is 2.01. The van der Waals surface area contributed by atoms with Gasteiger partial charge < -0.3 is 49.5 Å². The van der Waals surface area contributed by atoms with Crippen LogP contribution in [0.2, 0.25) is 0 Å². The lowest BCUT2D eigenvalue weighted by atomic mass is 10.1. The van der Waals surface area contributed by atoms with E-state index in [1.807, 2.05) is 0 Å². The maximum absolute atomic E-state index is 12.2. The molecule has 0 aliphatic rings. The van der Waals surface area contributed by atoms with Crippen molar-refractivity contribution in [2.75, 3.05) is 19.7 Å². The Morgan fingerprint density at radius 2 is 1.31 bits per heavy atom. The van der Waals surface area contributed by atoms with Gasteiger partial charge in [0.25, 0.3) is 0 Å². The molecule has 166 valence electrons. The van der Waals surface area contributed by atoms with Crippen molar-refractivity contribution in [3.8, 4) is 0 Å². The molecule has 0 aliphatic heterocycles. The molecule has 0 heterocycles. The molecule has 0 aromatic heterocycles. The summed E-state index contributed by atoms with van der Waals surface area (Å²) in [4.78, 5) is 43.1. The lowest BCUT2D eigenvalue weighted by molar-refractivity contribution is -0.142. The summed E-state index contributed by atoms with van der Waals surface area (Å²) in [6, 6.07) is -3.55. The van der Waals surface area contributed by atoms with Crippen LogP contribution in [0.3, 0.4) is 0 Å². The fourth-order valence-electron chi connectivity index (χ4n) is 2.16. The number of guanidine groups is 2. The third-order valence-electron chi connectivity index (χ3n) is 3.68. The van der Waals surface area contributed by atoms with E-state index in [1.165, 1.54) is 0 Å². The molecule has 14 heteroatoms. The van der Waals surface area contributed by atoms with Crippen LogP contribution in [0.4, 0.5) is 0 Å². The van der Waals surface area contributed by atoms with Gasteiger partial charge in [-0.3, -0.25) is 19.6 Å². The number of carboxylic acid groups (broad SMARTS) is 1. The third kappa shape index (κ3) is 12.0. The number of rotatable bonds is 14. The number of nitrogens with two attached hydrogens (primary N) is 5. The number of hydrogen-bond donors (Lipinski definition) is 9. The lowest BCUT2D eigenvalue weighted by Crippen LogP contribution is -2.55. The molecule has 0 rings (SSSR count). The molecule has 0 aromatic carbocycles. The minimum Gasteiger partial charge on any atom is -0.480 e. The maximum atomic E-state index is 12.2. The number of nitrogens with zero attached hydrogens (tertiary/aromatic N) is 2. The summed E-state index contributed by atoms with van der Waals surface area (Å²) in [5.41, 5.74) is 26.4. The summed E-state index contributed by atoms with van der Waals surface area (Å²) in [6.07, 6.45) is 1.02. The van der Waals surface area contributed by atoms with E-state index in [9.17, 15) is 24.6 Å². The van der Waals surface area contributed by atoms with Crippen molar-refractivity contribution in [3.05, 3.63) is 0 Å². The zero-order chi connectivity index (χ0) is 22.4. The number of amides is 2. The van der Waals surface area contributed by atoms with Crippen LogP contribution < -0.4 is 39.3 Å². The van der Waals surface area contributed by atoms with E-state index in [1.54, 1.807) is 0 Å². The van der Waals surface area contributed by atoms with E-state index in [-0.39, 0.29) is 37.9 Å². The Kier molecular flexibility index (Phi) is 12.4. The highest BCUT2D eigenvalue weighted by Gasteiger charge is 2.27. The number of carboxylic acids is 1. The molecule has 2 amide bonds. The van der Waals surface area contributed by atoms with Gasteiger partial charge in [0.1, 0.15) is 12.1 Å². The second-order valence-corrected chi connectivity index (χ2v) is 6.15. The monoisotopic (exact) mass is 417 g/mol. The Bertz CT molecular complexity index is 603. The van der Waals surface area contributed by atoms with E-state index >= 15 is 0 Å². The predicted octanol–water partition coefficient (Wildman–Crippen LogP) is -4.53. The summed E-state index contributed by atoms with van der Waals surface area (Å²) in [5, 5.41) is 23.1. The molecule has 0 saturated heterocycles. The summed E-state index contributed by atoms with van der Waals surface area (Å²) < 4.78 is 0. The van der Waals surface area contributed by atoms with Crippen molar-refractivity contribution in [1.29, 1.82) is 0 Å². The number of carbonyl (C=O) groups is 3. The average molecular weight is 417 g/mol. The minimum atomic E-state index is -1.36. The van der Waals surface area contributed by atoms with Gasteiger partial charge >= 0.3 is 5.97 Å². The third-order valence-corrected chi connectivity index (χ3v) is 3.68. The Labute approximate surface area is 168 Å². The molecule has 14 N–H and O–H groups in total. The number of hydrogen-bond acceptors (Lipinski definition) is 7.